The second-order valence-electron chi connectivity index (χ2n) is 7.71. The Labute approximate surface area is 168 Å². The van der Waals surface area contributed by atoms with E-state index in [2.05, 4.69) is 4.72 Å². The van der Waals surface area contributed by atoms with Gasteiger partial charge in [-0.1, -0.05) is 24.3 Å². The average molecular weight is 405 g/mol. The molecule has 0 spiro atoms. The van der Waals surface area contributed by atoms with Crippen molar-refractivity contribution in [2.24, 2.45) is 0 Å². The Balaban J connectivity index is 1.90. The van der Waals surface area contributed by atoms with Gasteiger partial charge in [-0.05, 0) is 51.5 Å². The van der Waals surface area contributed by atoms with Crippen molar-refractivity contribution in [2.75, 3.05) is 13.2 Å². The lowest BCUT2D eigenvalue weighted by Crippen LogP contribution is -2.41. The molecular weight excluding hydrogens is 380 g/mol. The molecule has 0 saturated carbocycles. The number of benzene rings is 2. The van der Waals surface area contributed by atoms with Gasteiger partial charge in [0.25, 0.3) is 0 Å². The summed E-state index contributed by atoms with van der Waals surface area (Å²) in [4.78, 5) is 0.527. The summed E-state index contributed by atoms with van der Waals surface area (Å²) in [5.41, 5.74) is 0.493. The van der Waals surface area contributed by atoms with E-state index in [4.69, 9.17) is 14.4 Å². The Morgan fingerprint density at radius 3 is 2.36 bits per heavy atom. The van der Waals surface area contributed by atoms with E-state index >= 15 is 0 Å². The molecule has 0 aliphatic carbocycles. The zero-order valence-corrected chi connectivity index (χ0v) is 17.3. The van der Waals surface area contributed by atoms with E-state index in [0.29, 0.717) is 21.5 Å². The van der Waals surface area contributed by atoms with E-state index in [1.165, 1.54) is 6.07 Å². The summed E-state index contributed by atoms with van der Waals surface area (Å²) in [5.74, 6) is -0.445. The Morgan fingerprint density at radius 1 is 1.11 bits per heavy atom. The van der Waals surface area contributed by atoms with Crippen molar-refractivity contribution in [2.45, 2.75) is 43.8 Å². The highest BCUT2D eigenvalue weighted by molar-refractivity contribution is 7.89. The van der Waals surface area contributed by atoms with Crippen molar-refractivity contribution >= 4 is 23.9 Å². The Morgan fingerprint density at radius 2 is 1.75 bits per heavy atom. The van der Waals surface area contributed by atoms with Crippen LogP contribution in [-0.2, 0) is 20.7 Å². The zero-order valence-electron chi connectivity index (χ0n) is 16.5. The van der Waals surface area contributed by atoms with Crippen LogP contribution in [0, 0.1) is 5.82 Å². The van der Waals surface area contributed by atoms with E-state index in [9.17, 15) is 8.94 Å². The normalized spacial score (nSPS) is 19.0. The van der Waals surface area contributed by atoms with Crippen molar-refractivity contribution in [3.63, 3.8) is 0 Å². The number of aliphatic hydroxyl groups is 1. The maximum Gasteiger partial charge on any atom is 0.497 e. The molecule has 8 heteroatoms. The number of hydrogen-bond acceptors (Lipinski definition) is 5. The lowest BCUT2D eigenvalue weighted by molar-refractivity contribution is 0.00578. The van der Waals surface area contributed by atoms with Gasteiger partial charge >= 0.3 is 7.12 Å². The van der Waals surface area contributed by atoms with Gasteiger partial charge in [0.15, 0.2) is 4.90 Å². The summed E-state index contributed by atoms with van der Waals surface area (Å²) in [6.45, 7) is 7.77. The van der Waals surface area contributed by atoms with E-state index in [-0.39, 0.29) is 13.2 Å². The molecule has 2 N–H and O–H groups in total. The molecular formula is C20H25BFNO4S. The number of rotatable bonds is 6. The minimum Gasteiger partial charge on any atom is -0.593 e. The summed E-state index contributed by atoms with van der Waals surface area (Å²) < 4.78 is 42.0. The summed E-state index contributed by atoms with van der Waals surface area (Å²) in [5, 5.41) is 8.92. The van der Waals surface area contributed by atoms with Gasteiger partial charge in [-0.15, -0.1) is 4.72 Å². The first-order chi connectivity index (χ1) is 13.2. The second kappa shape index (κ2) is 8.14. The van der Waals surface area contributed by atoms with Crippen molar-refractivity contribution in [1.82, 2.24) is 4.72 Å². The van der Waals surface area contributed by atoms with Gasteiger partial charge in [0.1, 0.15) is 5.82 Å². The highest BCUT2D eigenvalue weighted by atomic mass is 32.2. The van der Waals surface area contributed by atoms with Crippen LogP contribution in [0.15, 0.2) is 47.4 Å². The molecule has 0 aromatic heterocycles. The van der Waals surface area contributed by atoms with Gasteiger partial charge in [0.2, 0.25) is 0 Å². The third-order valence-corrected chi connectivity index (χ3v) is 6.47. The maximum absolute atomic E-state index is 14.9. The lowest BCUT2D eigenvalue weighted by Gasteiger charge is -2.32. The SMILES string of the molecule is CC1(C)OB(c2ccc(-c3ccccc3[S+]([O-])NCCO)cc2F)OC1(C)C. The van der Waals surface area contributed by atoms with Crippen molar-refractivity contribution in [1.29, 1.82) is 0 Å². The molecule has 28 heavy (non-hydrogen) atoms. The number of nitrogens with one attached hydrogen (secondary N) is 1. The third kappa shape index (κ3) is 4.12. The number of hydrogen-bond donors (Lipinski definition) is 2. The summed E-state index contributed by atoms with van der Waals surface area (Å²) in [6.07, 6.45) is 0. The molecule has 1 aliphatic heterocycles. The Kier molecular flexibility index (Phi) is 6.19. The van der Waals surface area contributed by atoms with Crippen molar-refractivity contribution < 1.29 is 23.4 Å². The summed E-state index contributed by atoms with van der Waals surface area (Å²) >= 11 is -1.51. The minimum absolute atomic E-state index is 0.120. The van der Waals surface area contributed by atoms with E-state index in [1.54, 1.807) is 30.3 Å². The fraction of sp³-hybridized carbons (Fsp3) is 0.400. The molecule has 5 nitrogen and oxygen atoms in total. The molecule has 150 valence electrons. The monoisotopic (exact) mass is 405 g/mol. The molecule has 0 bridgehead atoms. The van der Waals surface area contributed by atoms with E-state index in [0.717, 1.165) is 0 Å². The molecule has 1 heterocycles. The minimum atomic E-state index is -1.51. The molecule has 2 aromatic carbocycles. The quantitative estimate of drug-likeness (QED) is 0.571. The smallest absolute Gasteiger partial charge is 0.497 e. The standard InChI is InChI=1S/C20H25BFNO4S/c1-19(2)20(3,4)27-21(26-19)16-10-9-14(13-17(16)22)15-7-5-6-8-18(15)28(25)23-11-12-24/h5-10,13,23-24H,11-12H2,1-4H3. The van der Waals surface area contributed by atoms with Crippen LogP contribution in [0.3, 0.4) is 0 Å². The topological polar surface area (TPSA) is 73.8 Å². The van der Waals surface area contributed by atoms with Crippen LogP contribution in [0.1, 0.15) is 27.7 Å². The van der Waals surface area contributed by atoms with Crippen molar-refractivity contribution in [3.8, 4) is 11.1 Å². The van der Waals surface area contributed by atoms with Gasteiger partial charge in [0, 0.05) is 11.0 Å². The first-order valence-corrected chi connectivity index (χ1v) is 10.3. The molecule has 3 rings (SSSR count). The van der Waals surface area contributed by atoms with Gasteiger partial charge in [-0.2, -0.15) is 0 Å². The molecule has 1 saturated heterocycles. The van der Waals surface area contributed by atoms with Crippen LogP contribution in [0.25, 0.3) is 11.1 Å². The molecule has 1 aliphatic rings. The number of aliphatic hydroxyl groups excluding tert-OH is 1. The molecule has 0 amide bonds. The van der Waals surface area contributed by atoms with Crippen LogP contribution in [0.5, 0.6) is 0 Å². The van der Waals surface area contributed by atoms with Crippen LogP contribution < -0.4 is 10.2 Å². The van der Waals surface area contributed by atoms with Gasteiger partial charge in [-0.25, -0.2) is 4.39 Å². The highest BCUT2D eigenvalue weighted by Crippen LogP contribution is 2.37. The second-order valence-corrected chi connectivity index (χ2v) is 8.97. The first kappa shape index (κ1) is 21.3. The molecule has 2 aromatic rings. The fourth-order valence-electron chi connectivity index (χ4n) is 2.94. The fourth-order valence-corrected chi connectivity index (χ4v) is 3.96. The van der Waals surface area contributed by atoms with E-state index in [1.807, 2.05) is 33.8 Å². The van der Waals surface area contributed by atoms with Crippen molar-refractivity contribution in [3.05, 3.63) is 48.3 Å². The summed E-state index contributed by atoms with van der Waals surface area (Å²) in [7, 11) is -0.783. The van der Waals surface area contributed by atoms with Crippen LogP contribution in [-0.4, -0.2) is 41.1 Å². The van der Waals surface area contributed by atoms with Gasteiger partial charge < -0.3 is 19.0 Å². The van der Waals surface area contributed by atoms with Gasteiger partial charge in [-0.3, -0.25) is 0 Å². The average Bonchev–Trinajstić information content (AvgIpc) is 2.86. The first-order valence-electron chi connectivity index (χ1n) is 9.17. The van der Waals surface area contributed by atoms with Gasteiger partial charge in [0.05, 0.1) is 35.7 Å². The molecule has 0 radical (unpaired) electrons. The number of halogens is 1. The molecule has 1 atom stereocenters. The molecule has 1 fully saturated rings. The Hall–Kier alpha value is -1.42. The predicted molar refractivity (Wildman–Crippen MR) is 109 cm³/mol. The third-order valence-electron chi connectivity index (χ3n) is 5.25. The molecule has 1 unspecified atom stereocenters. The Bertz CT molecular complexity index is 833. The maximum atomic E-state index is 14.9. The van der Waals surface area contributed by atoms with Crippen LogP contribution in [0.4, 0.5) is 4.39 Å². The van der Waals surface area contributed by atoms with E-state index < -0.39 is 35.5 Å². The largest absolute Gasteiger partial charge is 0.593 e. The highest BCUT2D eigenvalue weighted by Gasteiger charge is 2.52. The predicted octanol–water partition coefficient (Wildman–Crippen LogP) is 2.40. The zero-order chi connectivity index (χ0) is 20.5. The summed E-state index contributed by atoms with van der Waals surface area (Å²) in [6, 6.07) is 11.9. The van der Waals surface area contributed by atoms with Crippen LogP contribution in [0.2, 0.25) is 0 Å². The lowest BCUT2D eigenvalue weighted by atomic mass is 9.78. The van der Waals surface area contributed by atoms with Crippen LogP contribution >= 0.6 is 0 Å².